The highest BCUT2D eigenvalue weighted by molar-refractivity contribution is 7.98. The van der Waals surface area contributed by atoms with Crippen LogP contribution in [-0.2, 0) is 18.9 Å². The Kier molecular flexibility index (Phi) is 6.09. The van der Waals surface area contributed by atoms with Gasteiger partial charge in [0.05, 0.1) is 10.6 Å². The van der Waals surface area contributed by atoms with E-state index in [9.17, 15) is 0 Å². The minimum Gasteiger partial charge on any atom is -0.486 e. The van der Waals surface area contributed by atoms with Crippen LogP contribution in [0.3, 0.4) is 0 Å². The summed E-state index contributed by atoms with van der Waals surface area (Å²) in [7, 11) is 0. The number of hydrogen-bond acceptors (Lipinski definition) is 7. The van der Waals surface area contributed by atoms with E-state index in [1.807, 2.05) is 30.3 Å². The lowest BCUT2D eigenvalue weighted by molar-refractivity contribution is 0.305. The van der Waals surface area contributed by atoms with Gasteiger partial charge in [-0.05, 0) is 37.4 Å². The Hall–Kier alpha value is -2.16. The van der Waals surface area contributed by atoms with E-state index >= 15 is 0 Å². The molecule has 0 saturated carbocycles. The molecule has 0 bridgehead atoms. The Labute approximate surface area is 176 Å². The van der Waals surface area contributed by atoms with Crippen molar-refractivity contribution in [2.24, 2.45) is 0 Å². The molecule has 0 amide bonds. The molecule has 8 heteroatoms. The molecule has 0 radical (unpaired) electrons. The zero-order chi connectivity index (χ0) is 19.3. The van der Waals surface area contributed by atoms with E-state index in [1.165, 1.54) is 5.56 Å². The lowest BCUT2D eigenvalue weighted by Gasteiger charge is -2.05. The fraction of sp³-hybridized carbons (Fsp3) is 0.250. The molecular weight excluding hydrogens is 408 g/mol. The number of aromatic nitrogens is 4. The Morgan fingerprint density at radius 3 is 2.71 bits per heavy atom. The maximum Gasteiger partial charge on any atom is 0.191 e. The van der Waals surface area contributed by atoms with Crippen LogP contribution in [0.1, 0.15) is 23.2 Å². The first-order valence-corrected chi connectivity index (χ1v) is 11.7. The quantitative estimate of drug-likeness (QED) is 0.339. The molecule has 0 atom stereocenters. The van der Waals surface area contributed by atoms with Crippen molar-refractivity contribution < 1.29 is 4.74 Å². The molecule has 144 valence electrons. The molecule has 0 aliphatic carbocycles. The first-order chi connectivity index (χ1) is 13.7. The number of benzene rings is 1. The molecule has 0 spiro atoms. The minimum absolute atomic E-state index is 0.492. The molecule has 0 aliphatic heterocycles. The number of thiophene rings is 1. The summed E-state index contributed by atoms with van der Waals surface area (Å²) in [6.45, 7) is 5.52. The molecule has 1 aromatic carbocycles. The van der Waals surface area contributed by atoms with Gasteiger partial charge in [0.15, 0.2) is 11.0 Å². The van der Waals surface area contributed by atoms with Crippen LogP contribution >= 0.6 is 34.4 Å². The number of aryl methyl sites for hydroxylation is 1. The zero-order valence-corrected chi connectivity index (χ0v) is 18.1. The monoisotopic (exact) mass is 428 g/mol. The molecule has 4 rings (SSSR count). The van der Waals surface area contributed by atoms with Crippen LogP contribution in [0.25, 0.3) is 10.7 Å². The van der Waals surface area contributed by atoms with E-state index in [-0.39, 0.29) is 0 Å². The molecule has 4 aromatic rings. The fourth-order valence-corrected chi connectivity index (χ4v) is 5.09. The predicted octanol–water partition coefficient (Wildman–Crippen LogP) is 5.66. The fourth-order valence-electron chi connectivity index (χ4n) is 2.67. The van der Waals surface area contributed by atoms with E-state index in [0.717, 1.165) is 44.6 Å². The highest BCUT2D eigenvalue weighted by Gasteiger charge is 2.14. The van der Waals surface area contributed by atoms with Gasteiger partial charge in [-0.3, -0.25) is 0 Å². The van der Waals surface area contributed by atoms with Gasteiger partial charge >= 0.3 is 0 Å². The van der Waals surface area contributed by atoms with Crippen LogP contribution in [0.15, 0.2) is 52.3 Å². The second-order valence-corrected chi connectivity index (χ2v) is 8.98. The Morgan fingerprint density at radius 2 is 1.96 bits per heavy atom. The number of thiazole rings is 1. The van der Waals surface area contributed by atoms with Crippen LogP contribution in [-0.4, -0.2) is 19.7 Å². The smallest absolute Gasteiger partial charge is 0.191 e. The van der Waals surface area contributed by atoms with Crippen molar-refractivity contribution in [2.45, 2.75) is 37.9 Å². The topological polar surface area (TPSA) is 52.8 Å². The van der Waals surface area contributed by atoms with Crippen molar-refractivity contribution in [2.75, 3.05) is 0 Å². The predicted molar refractivity (Wildman–Crippen MR) is 116 cm³/mol. The maximum atomic E-state index is 5.82. The molecule has 5 nitrogen and oxygen atoms in total. The summed E-state index contributed by atoms with van der Waals surface area (Å²) in [5.74, 6) is 2.57. The Bertz CT molecular complexity index is 1020. The van der Waals surface area contributed by atoms with Gasteiger partial charge in [0.25, 0.3) is 0 Å². The zero-order valence-electron chi connectivity index (χ0n) is 15.7. The number of hydrogen-bond donors (Lipinski definition) is 0. The van der Waals surface area contributed by atoms with Crippen LogP contribution < -0.4 is 4.74 Å². The average Bonchev–Trinajstić information content (AvgIpc) is 3.45. The highest BCUT2D eigenvalue weighted by Crippen LogP contribution is 2.29. The molecule has 3 aromatic heterocycles. The van der Waals surface area contributed by atoms with E-state index in [0.29, 0.717) is 6.61 Å². The third-order valence-electron chi connectivity index (χ3n) is 4.11. The van der Waals surface area contributed by atoms with Gasteiger partial charge in [0.2, 0.25) is 0 Å². The van der Waals surface area contributed by atoms with Gasteiger partial charge < -0.3 is 9.30 Å². The van der Waals surface area contributed by atoms with E-state index in [1.54, 1.807) is 34.4 Å². The summed E-state index contributed by atoms with van der Waals surface area (Å²) in [6, 6.07) is 12.2. The SMILES string of the molecule is CCn1c(SCc2csc(COc3ccc(C)cc3)n2)nnc1-c1cccs1. The number of ether oxygens (including phenoxy) is 1. The van der Waals surface area contributed by atoms with Crippen LogP contribution in [0, 0.1) is 6.92 Å². The van der Waals surface area contributed by atoms with Crippen molar-refractivity contribution in [1.82, 2.24) is 19.7 Å². The third-order valence-corrected chi connectivity index (χ3v) is 6.84. The first-order valence-electron chi connectivity index (χ1n) is 8.95. The van der Waals surface area contributed by atoms with Crippen LogP contribution in [0.4, 0.5) is 0 Å². The summed E-state index contributed by atoms with van der Waals surface area (Å²) in [5, 5.41) is 14.8. The standard InChI is InChI=1S/C20H20N4OS3/c1-3-24-19(17-5-4-10-26-17)22-23-20(24)28-13-15-12-27-18(21-15)11-25-16-8-6-14(2)7-9-16/h4-10,12H,3,11,13H2,1-2H3. The van der Waals surface area contributed by atoms with Crippen LogP contribution in [0.2, 0.25) is 0 Å². The lowest BCUT2D eigenvalue weighted by atomic mass is 10.2. The second-order valence-electron chi connectivity index (χ2n) is 6.15. The Morgan fingerprint density at radius 1 is 1.11 bits per heavy atom. The molecule has 0 unspecified atom stereocenters. The number of nitrogens with zero attached hydrogens (tertiary/aromatic N) is 4. The summed E-state index contributed by atoms with van der Waals surface area (Å²) in [4.78, 5) is 5.83. The van der Waals surface area contributed by atoms with Gasteiger partial charge in [-0.15, -0.1) is 32.9 Å². The van der Waals surface area contributed by atoms with Crippen LogP contribution in [0.5, 0.6) is 5.75 Å². The summed E-state index contributed by atoms with van der Waals surface area (Å²) >= 11 is 4.98. The van der Waals surface area contributed by atoms with Crippen molar-refractivity contribution in [3.8, 4) is 16.5 Å². The van der Waals surface area contributed by atoms with Crippen molar-refractivity contribution >= 4 is 34.4 Å². The largest absolute Gasteiger partial charge is 0.486 e. The average molecular weight is 429 g/mol. The third kappa shape index (κ3) is 4.45. The molecule has 28 heavy (non-hydrogen) atoms. The minimum atomic E-state index is 0.492. The van der Waals surface area contributed by atoms with Crippen molar-refractivity contribution in [1.29, 1.82) is 0 Å². The van der Waals surface area contributed by atoms with Gasteiger partial charge in [-0.2, -0.15) is 0 Å². The Balaban J connectivity index is 1.36. The van der Waals surface area contributed by atoms with Gasteiger partial charge in [0, 0.05) is 17.7 Å². The summed E-state index contributed by atoms with van der Waals surface area (Å²) < 4.78 is 7.98. The van der Waals surface area contributed by atoms with Gasteiger partial charge in [0.1, 0.15) is 17.4 Å². The molecule has 0 aliphatic rings. The molecule has 3 heterocycles. The van der Waals surface area contributed by atoms with Gasteiger partial charge in [-0.25, -0.2) is 4.98 Å². The normalized spacial score (nSPS) is 11.1. The maximum absolute atomic E-state index is 5.82. The van der Waals surface area contributed by atoms with E-state index < -0.39 is 0 Å². The molecule has 0 N–H and O–H groups in total. The summed E-state index contributed by atoms with van der Waals surface area (Å²) in [5.41, 5.74) is 2.27. The summed E-state index contributed by atoms with van der Waals surface area (Å²) in [6.07, 6.45) is 0. The lowest BCUT2D eigenvalue weighted by Crippen LogP contribution is -1.99. The molecule has 0 saturated heterocycles. The number of rotatable bonds is 8. The van der Waals surface area contributed by atoms with E-state index in [2.05, 4.69) is 50.4 Å². The van der Waals surface area contributed by atoms with Gasteiger partial charge in [-0.1, -0.05) is 35.5 Å². The number of thioether (sulfide) groups is 1. The highest BCUT2D eigenvalue weighted by atomic mass is 32.2. The van der Waals surface area contributed by atoms with Crippen molar-refractivity contribution in [3.63, 3.8) is 0 Å². The molecular formula is C20H20N4OS3. The first kappa shape index (κ1) is 19.2. The second kappa shape index (κ2) is 8.89. The molecule has 0 fully saturated rings. The van der Waals surface area contributed by atoms with Crippen molar-refractivity contribution in [3.05, 3.63) is 63.4 Å². The van der Waals surface area contributed by atoms with E-state index in [4.69, 9.17) is 4.74 Å².